The maximum atomic E-state index is 10.1. The molecule has 1 heterocycles. The molecule has 1 aromatic heterocycles. The van der Waals surface area contributed by atoms with Gasteiger partial charge in [-0.2, -0.15) is 15.0 Å². The maximum Gasteiger partial charge on any atom is 0.231 e. The fourth-order valence-corrected chi connectivity index (χ4v) is 1.89. The molecule has 0 saturated heterocycles. The average Bonchev–Trinajstić information content (AvgIpc) is 2.34. The van der Waals surface area contributed by atoms with Crippen LogP contribution in [0.4, 0.5) is 17.8 Å². The second-order valence-corrected chi connectivity index (χ2v) is 5.14. The second-order valence-electron chi connectivity index (χ2n) is 5.14. The lowest BCUT2D eigenvalue weighted by atomic mass is 9.80. The van der Waals surface area contributed by atoms with Crippen LogP contribution in [-0.4, -0.2) is 52.8 Å². The van der Waals surface area contributed by atoms with Crippen molar-refractivity contribution >= 4 is 17.8 Å². The molecule has 0 spiro atoms. The lowest BCUT2D eigenvalue weighted by Crippen LogP contribution is -2.43. The van der Waals surface area contributed by atoms with Gasteiger partial charge in [-0.05, 0) is 26.2 Å². The van der Waals surface area contributed by atoms with Gasteiger partial charge in [0.05, 0.1) is 5.60 Å². The van der Waals surface area contributed by atoms with Crippen LogP contribution in [0.25, 0.3) is 0 Å². The van der Waals surface area contributed by atoms with Crippen LogP contribution in [0, 0.1) is 0 Å². The van der Waals surface area contributed by atoms with Crippen LogP contribution in [0.1, 0.15) is 26.2 Å². The number of rotatable bonds is 6. The van der Waals surface area contributed by atoms with Gasteiger partial charge in [0, 0.05) is 27.2 Å². The number of nitrogens with zero attached hydrogens (tertiary/aromatic N) is 4. The van der Waals surface area contributed by atoms with E-state index in [0.717, 1.165) is 25.8 Å². The smallest absolute Gasteiger partial charge is 0.231 e. The molecule has 7 nitrogen and oxygen atoms in total. The zero-order valence-electron chi connectivity index (χ0n) is 11.8. The molecule has 0 unspecified atom stereocenters. The third-order valence-electron chi connectivity index (χ3n) is 3.22. The summed E-state index contributed by atoms with van der Waals surface area (Å²) in [6.45, 7) is 3.22. The van der Waals surface area contributed by atoms with Crippen molar-refractivity contribution in [1.29, 1.82) is 0 Å². The van der Waals surface area contributed by atoms with Gasteiger partial charge in [0.15, 0.2) is 0 Å². The summed E-state index contributed by atoms with van der Waals surface area (Å²) < 4.78 is 0. The van der Waals surface area contributed by atoms with E-state index >= 15 is 0 Å². The first-order chi connectivity index (χ1) is 9.02. The third kappa shape index (κ3) is 3.44. The number of anilines is 3. The van der Waals surface area contributed by atoms with Gasteiger partial charge in [0.25, 0.3) is 0 Å². The van der Waals surface area contributed by atoms with Crippen LogP contribution in [0.15, 0.2) is 0 Å². The lowest BCUT2D eigenvalue weighted by Gasteiger charge is -2.36. The van der Waals surface area contributed by atoms with Gasteiger partial charge < -0.3 is 20.6 Å². The number of aromatic nitrogens is 3. The highest BCUT2D eigenvalue weighted by atomic mass is 16.3. The predicted molar refractivity (Wildman–Crippen MR) is 75.6 cm³/mol. The zero-order chi connectivity index (χ0) is 13.9. The number of nitrogens with one attached hydrogen (secondary N) is 2. The van der Waals surface area contributed by atoms with E-state index in [1.807, 2.05) is 25.9 Å². The summed E-state index contributed by atoms with van der Waals surface area (Å²) in [4.78, 5) is 14.7. The Morgan fingerprint density at radius 2 is 1.79 bits per heavy atom. The minimum Gasteiger partial charge on any atom is -0.388 e. The highest BCUT2D eigenvalue weighted by Crippen LogP contribution is 2.31. The van der Waals surface area contributed by atoms with E-state index in [1.165, 1.54) is 0 Å². The van der Waals surface area contributed by atoms with Crippen molar-refractivity contribution in [3.05, 3.63) is 0 Å². The molecule has 1 aliphatic rings. The van der Waals surface area contributed by atoms with Gasteiger partial charge in [0.1, 0.15) is 0 Å². The molecular formula is C12H22N6O. The van der Waals surface area contributed by atoms with E-state index < -0.39 is 5.60 Å². The molecule has 0 bridgehead atoms. The molecule has 1 aliphatic carbocycles. The monoisotopic (exact) mass is 266 g/mol. The zero-order valence-corrected chi connectivity index (χ0v) is 11.8. The molecule has 0 aromatic carbocycles. The van der Waals surface area contributed by atoms with Crippen LogP contribution in [0.2, 0.25) is 0 Å². The van der Waals surface area contributed by atoms with Crippen molar-refractivity contribution in [2.24, 2.45) is 0 Å². The van der Waals surface area contributed by atoms with Crippen molar-refractivity contribution in [3.63, 3.8) is 0 Å². The van der Waals surface area contributed by atoms with Gasteiger partial charge >= 0.3 is 0 Å². The largest absolute Gasteiger partial charge is 0.388 e. The predicted octanol–water partition coefficient (Wildman–Crippen LogP) is 0.696. The van der Waals surface area contributed by atoms with Gasteiger partial charge in [0.2, 0.25) is 17.8 Å². The van der Waals surface area contributed by atoms with Gasteiger partial charge in [-0.1, -0.05) is 0 Å². The van der Waals surface area contributed by atoms with Crippen LogP contribution in [0.3, 0.4) is 0 Å². The van der Waals surface area contributed by atoms with Crippen molar-refractivity contribution in [2.75, 3.05) is 42.7 Å². The van der Waals surface area contributed by atoms with Crippen molar-refractivity contribution in [1.82, 2.24) is 15.0 Å². The van der Waals surface area contributed by atoms with Crippen molar-refractivity contribution < 1.29 is 5.11 Å². The fraction of sp³-hybridized carbons (Fsp3) is 0.750. The third-order valence-corrected chi connectivity index (χ3v) is 3.22. The molecule has 0 aliphatic heterocycles. The molecule has 2 rings (SSSR count). The normalized spacial score (nSPS) is 16.6. The molecule has 0 amide bonds. The number of aliphatic hydroxyl groups is 1. The minimum atomic E-state index is -0.594. The Kier molecular flexibility index (Phi) is 4.04. The van der Waals surface area contributed by atoms with E-state index in [0.29, 0.717) is 24.4 Å². The Bertz CT molecular complexity index is 432. The first kappa shape index (κ1) is 13.8. The summed E-state index contributed by atoms with van der Waals surface area (Å²) in [5.74, 6) is 1.63. The van der Waals surface area contributed by atoms with Crippen LogP contribution < -0.4 is 15.5 Å². The Labute approximate surface area is 113 Å². The Hall–Kier alpha value is -1.63. The minimum absolute atomic E-state index is 0.482. The van der Waals surface area contributed by atoms with Crippen LogP contribution in [0.5, 0.6) is 0 Å². The molecule has 1 aromatic rings. The quantitative estimate of drug-likeness (QED) is 0.698. The average molecular weight is 266 g/mol. The molecule has 0 radical (unpaired) electrons. The van der Waals surface area contributed by atoms with E-state index in [2.05, 4.69) is 25.6 Å². The van der Waals surface area contributed by atoms with Gasteiger partial charge in [-0.15, -0.1) is 0 Å². The number of hydrogen-bond donors (Lipinski definition) is 3. The van der Waals surface area contributed by atoms with Crippen molar-refractivity contribution in [3.8, 4) is 0 Å². The van der Waals surface area contributed by atoms with Crippen LogP contribution >= 0.6 is 0 Å². The Morgan fingerprint density at radius 3 is 2.26 bits per heavy atom. The first-order valence-corrected chi connectivity index (χ1v) is 6.66. The van der Waals surface area contributed by atoms with Gasteiger partial charge in [-0.3, -0.25) is 0 Å². The molecular weight excluding hydrogens is 244 g/mol. The summed E-state index contributed by atoms with van der Waals surface area (Å²) >= 11 is 0. The highest BCUT2D eigenvalue weighted by Gasteiger charge is 2.34. The van der Waals surface area contributed by atoms with Gasteiger partial charge in [-0.25, -0.2) is 0 Å². The molecule has 0 atom stereocenters. The molecule has 7 heteroatoms. The standard InChI is InChI=1S/C12H22N6O/c1-4-13-9-15-10(17-11(16-9)18(2)3)14-8-12(19)6-5-7-12/h19H,4-8H2,1-3H3,(H2,13,14,15,16,17). The first-order valence-electron chi connectivity index (χ1n) is 6.66. The van der Waals surface area contributed by atoms with E-state index in [1.54, 1.807) is 0 Å². The molecule has 3 N–H and O–H groups in total. The van der Waals surface area contributed by atoms with E-state index in [4.69, 9.17) is 0 Å². The lowest BCUT2D eigenvalue weighted by molar-refractivity contribution is -0.0203. The topological polar surface area (TPSA) is 86.2 Å². The second kappa shape index (κ2) is 5.56. The maximum absolute atomic E-state index is 10.1. The summed E-state index contributed by atoms with van der Waals surface area (Å²) in [6.07, 6.45) is 2.76. The van der Waals surface area contributed by atoms with Crippen molar-refractivity contribution in [2.45, 2.75) is 31.8 Å². The summed E-state index contributed by atoms with van der Waals surface area (Å²) in [5.41, 5.74) is -0.594. The number of hydrogen-bond acceptors (Lipinski definition) is 7. The van der Waals surface area contributed by atoms with E-state index in [9.17, 15) is 5.11 Å². The highest BCUT2D eigenvalue weighted by molar-refractivity contribution is 5.43. The summed E-state index contributed by atoms with van der Waals surface area (Å²) in [6, 6.07) is 0. The summed E-state index contributed by atoms with van der Waals surface area (Å²) in [5, 5.41) is 16.2. The molecule has 1 saturated carbocycles. The van der Waals surface area contributed by atoms with Crippen LogP contribution in [-0.2, 0) is 0 Å². The molecule has 1 fully saturated rings. The molecule has 19 heavy (non-hydrogen) atoms. The van der Waals surface area contributed by atoms with E-state index in [-0.39, 0.29) is 0 Å². The Balaban J connectivity index is 2.09. The fourth-order valence-electron chi connectivity index (χ4n) is 1.89. The Morgan fingerprint density at radius 1 is 1.16 bits per heavy atom. The molecule has 106 valence electrons. The summed E-state index contributed by atoms with van der Waals surface area (Å²) in [7, 11) is 3.77. The SMILES string of the molecule is CCNc1nc(NCC2(O)CCC2)nc(N(C)C)n1.